The largest absolute Gasteiger partial charge is 0.472 e. The van der Waals surface area contributed by atoms with Gasteiger partial charge in [0.2, 0.25) is 0 Å². The van der Waals surface area contributed by atoms with Crippen LogP contribution in [-0.2, 0) is 32.7 Å². The third kappa shape index (κ3) is 30.3. The van der Waals surface area contributed by atoms with Crippen LogP contribution in [0.25, 0.3) is 0 Å². The molecule has 0 amide bonds. The first-order valence-corrected chi connectivity index (χ1v) is 23.8. The number of nitrogens with zero attached hydrogens (tertiary/aromatic N) is 1. The van der Waals surface area contributed by atoms with Crippen LogP contribution in [0.15, 0.2) is 60.8 Å². The molecule has 4 N–H and O–H groups in total. The third-order valence-corrected chi connectivity index (χ3v) is 11.1. The van der Waals surface area contributed by atoms with E-state index >= 15 is 0 Å². The molecule has 0 saturated heterocycles. The summed E-state index contributed by atoms with van der Waals surface area (Å²) in [7, 11) is 1.31. The van der Waals surface area contributed by atoms with E-state index in [0.29, 0.717) is 43.1 Å². The highest BCUT2D eigenvalue weighted by atomic mass is 31.2. The maximum absolute atomic E-state index is 12.8. The number of carbonyl (C=O) groups excluding carboxylic acids is 2. The van der Waals surface area contributed by atoms with E-state index in [2.05, 4.69) is 50.3 Å². The maximum Gasteiger partial charge on any atom is 0.472 e. The van der Waals surface area contributed by atoms with Gasteiger partial charge in [0.15, 0.2) is 6.10 Å². The maximum atomic E-state index is 12.8. The molecule has 0 heterocycles. The van der Waals surface area contributed by atoms with Crippen molar-refractivity contribution in [2.24, 2.45) is 11.8 Å². The molecule has 0 radical (unpaired) electrons. The number of hydrogen-bond acceptors (Lipinski definition) is 10. The van der Waals surface area contributed by atoms with Crippen LogP contribution in [0.5, 0.6) is 0 Å². The van der Waals surface area contributed by atoms with E-state index in [1.165, 1.54) is 0 Å². The summed E-state index contributed by atoms with van der Waals surface area (Å²) in [5.74, 6) is -1.44. The van der Waals surface area contributed by atoms with Crippen LogP contribution >= 0.6 is 7.82 Å². The number of quaternary nitrogens is 1. The predicted octanol–water partition coefficient (Wildman–Crippen LogP) is 8.84. The lowest BCUT2D eigenvalue weighted by Gasteiger charge is -2.24. The smallest absolute Gasteiger partial charge is 0.462 e. The number of unbranched alkanes of at least 4 members (excludes halogenated alkanes) is 8. The van der Waals surface area contributed by atoms with Gasteiger partial charge in [0.25, 0.3) is 0 Å². The topological polar surface area (TPSA) is 169 Å². The molecule has 0 aromatic heterocycles. The van der Waals surface area contributed by atoms with Gasteiger partial charge >= 0.3 is 19.8 Å². The molecule has 1 unspecified atom stereocenters. The van der Waals surface area contributed by atoms with Crippen molar-refractivity contribution in [3.05, 3.63) is 60.8 Å². The number of esters is 2. The first kappa shape index (κ1) is 54.6. The molecule has 1 rings (SSSR count). The van der Waals surface area contributed by atoms with Crippen molar-refractivity contribution in [3.8, 4) is 0 Å². The number of phosphoric ester groups is 1. The van der Waals surface area contributed by atoms with E-state index in [0.717, 1.165) is 70.6 Å². The highest BCUT2D eigenvalue weighted by molar-refractivity contribution is 7.47. The van der Waals surface area contributed by atoms with Crippen molar-refractivity contribution >= 4 is 19.8 Å². The molecule has 1 aliphatic rings. The van der Waals surface area contributed by atoms with E-state index in [9.17, 15) is 34.4 Å². The van der Waals surface area contributed by atoms with Crippen LogP contribution in [0.4, 0.5) is 0 Å². The molecule has 0 aliphatic heterocycles. The number of ether oxygens (including phenoxy) is 2. The van der Waals surface area contributed by atoms with Crippen molar-refractivity contribution in [1.29, 1.82) is 0 Å². The van der Waals surface area contributed by atoms with Crippen LogP contribution < -0.4 is 0 Å². The molecule has 7 atom stereocenters. The Morgan fingerprint density at radius 1 is 0.763 bits per heavy atom. The Kier molecular flexibility index (Phi) is 30.8. The second kappa shape index (κ2) is 33.2. The van der Waals surface area contributed by atoms with Crippen molar-refractivity contribution in [2.45, 2.75) is 160 Å². The molecule has 0 spiro atoms. The van der Waals surface area contributed by atoms with Gasteiger partial charge in [-0.1, -0.05) is 113 Å². The lowest BCUT2D eigenvalue weighted by molar-refractivity contribution is -0.870. The summed E-state index contributed by atoms with van der Waals surface area (Å²) in [5, 5.41) is 31.4. The van der Waals surface area contributed by atoms with Crippen LogP contribution in [-0.4, -0.2) is 109 Å². The summed E-state index contributed by atoms with van der Waals surface area (Å²) < 4.78 is 34.2. The SMILES string of the molecule is CC/C=C\C/C=C\C/C=C\CCCCCCCC(=O)OC[C@H](COP(=O)(O)OCC[N+](C)(C)C)OC(=O)CCC/C=C/C[C@@H]1[C@@H](/C=C/[C@@H](O)CCCCC)[C@H](O)C[C@@H]1O. The number of hydrogen-bond donors (Lipinski definition) is 4. The zero-order chi connectivity index (χ0) is 43.8. The average Bonchev–Trinajstić information content (AvgIpc) is 3.44. The van der Waals surface area contributed by atoms with Crippen molar-refractivity contribution in [1.82, 2.24) is 0 Å². The highest BCUT2D eigenvalue weighted by Gasteiger charge is 2.39. The fourth-order valence-electron chi connectivity index (χ4n) is 6.55. The van der Waals surface area contributed by atoms with Crippen LogP contribution in [0.2, 0.25) is 0 Å². The molecule has 1 aliphatic carbocycles. The highest BCUT2D eigenvalue weighted by Crippen LogP contribution is 2.43. The molecule has 0 bridgehead atoms. The Morgan fingerprint density at radius 2 is 1.41 bits per heavy atom. The number of phosphoric acid groups is 1. The molecule has 13 heteroatoms. The Balaban J connectivity index is 2.53. The second-order valence-electron chi connectivity index (χ2n) is 16.7. The standard InChI is InChI=1S/C46H80NO11P/c1-6-8-10-11-12-13-14-15-16-17-18-19-20-21-26-30-45(51)55-37-40(38-57-59(53,54)56-35-34-47(3,4)5)58-46(52)31-27-23-22-25-29-41-42(44(50)36-43(41)49)33-32-39(48)28-24-9-7-2/h8,10,12-13,15-16,22,25,32-33,39-44,48-50H,6-7,9,11,14,17-21,23-24,26-31,34-38H2,1-5H3/p+1/b10-8-,13-12-,16-15-,25-22+,33-32+/t39-,40+,41+,42+,43-,44+/m0/s1. The first-order valence-electron chi connectivity index (χ1n) is 22.3. The van der Waals surface area contributed by atoms with Crippen LogP contribution in [0, 0.1) is 11.8 Å². The first-order chi connectivity index (χ1) is 28.2. The molecular weight excluding hydrogens is 773 g/mol. The lowest BCUT2D eigenvalue weighted by Crippen LogP contribution is -2.37. The Labute approximate surface area is 356 Å². The summed E-state index contributed by atoms with van der Waals surface area (Å²) in [5.41, 5.74) is 0. The third-order valence-electron chi connectivity index (χ3n) is 10.1. The average molecular weight is 855 g/mol. The zero-order valence-corrected chi connectivity index (χ0v) is 37.9. The number of rotatable bonds is 35. The Bertz CT molecular complexity index is 1310. The molecule has 340 valence electrons. The summed E-state index contributed by atoms with van der Waals surface area (Å²) >= 11 is 0. The van der Waals surface area contributed by atoms with Crippen LogP contribution in [0.1, 0.15) is 136 Å². The molecule has 0 aromatic rings. The summed E-state index contributed by atoms with van der Waals surface area (Å²) in [4.78, 5) is 35.6. The van der Waals surface area contributed by atoms with E-state index in [4.69, 9.17) is 18.5 Å². The lowest BCUT2D eigenvalue weighted by atomic mass is 9.89. The van der Waals surface area contributed by atoms with Gasteiger partial charge in [0, 0.05) is 25.2 Å². The van der Waals surface area contributed by atoms with E-state index < -0.39 is 50.8 Å². The molecular formula is C46H81NO11P+. The minimum absolute atomic E-state index is 0.0180. The second-order valence-corrected chi connectivity index (χ2v) is 18.1. The van der Waals surface area contributed by atoms with Gasteiger partial charge in [-0.3, -0.25) is 18.6 Å². The summed E-state index contributed by atoms with van der Waals surface area (Å²) in [6, 6.07) is 0. The molecule has 1 fully saturated rings. The number of carbonyl (C=O) groups is 2. The van der Waals surface area contributed by atoms with E-state index in [1.54, 1.807) is 6.08 Å². The Morgan fingerprint density at radius 3 is 2.12 bits per heavy atom. The van der Waals surface area contributed by atoms with Crippen LogP contribution in [0.3, 0.4) is 0 Å². The quantitative estimate of drug-likeness (QED) is 0.0158. The van der Waals surface area contributed by atoms with Crippen molar-refractivity contribution in [3.63, 3.8) is 0 Å². The van der Waals surface area contributed by atoms with Gasteiger partial charge in [-0.25, -0.2) is 4.57 Å². The monoisotopic (exact) mass is 855 g/mol. The van der Waals surface area contributed by atoms with Crippen molar-refractivity contribution in [2.75, 3.05) is 47.5 Å². The normalized spacial score (nSPS) is 21.0. The van der Waals surface area contributed by atoms with Crippen molar-refractivity contribution < 1.29 is 57.4 Å². The molecule has 12 nitrogen and oxygen atoms in total. The van der Waals surface area contributed by atoms with Gasteiger partial charge < -0.3 is 34.2 Å². The van der Waals surface area contributed by atoms with Gasteiger partial charge in [-0.15, -0.1) is 0 Å². The summed E-state index contributed by atoms with van der Waals surface area (Å²) in [6.07, 6.45) is 32.2. The Hall–Kier alpha value is -2.41. The zero-order valence-electron chi connectivity index (χ0n) is 37.0. The molecule has 1 saturated carbocycles. The van der Waals surface area contributed by atoms with Gasteiger partial charge in [-0.05, 0) is 70.1 Å². The molecule has 0 aromatic carbocycles. The number of allylic oxidation sites excluding steroid dienone is 8. The van der Waals surface area contributed by atoms with Gasteiger partial charge in [-0.2, -0.15) is 0 Å². The number of aliphatic hydroxyl groups is 3. The summed E-state index contributed by atoms with van der Waals surface area (Å²) in [6.45, 7) is 3.88. The van der Waals surface area contributed by atoms with Gasteiger partial charge in [0.05, 0.1) is 46.1 Å². The molecule has 59 heavy (non-hydrogen) atoms. The fraction of sp³-hybridized carbons (Fsp3) is 0.739. The number of likely N-dealkylation sites (N-methyl/N-ethyl adjacent to an activating group) is 1. The van der Waals surface area contributed by atoms with E-state index in [1.807, 2.05) is 39.4 Å². The van der Waals surface area contributed by atoms with Gasteiger partial charge in [0.1, 0.15) is 19.8 Å². The minimum atomic E-state index is -4.45. The minimum Gasteiger partial charge on any atom is -0.462 e. The predicted molar refractivity (Wildman–Crippen MR) is 235 cm³/mol. The number of aliphatic hydroxyl groups excluding tert-OH is 3. The van der Waals surface area contributed by atoms with E-state index in [-0.39, 0.29) is 44.3 Å². The fourth-order valence-corrected chi connectivity index (χ4v) is 7.29.